The average Bonchev–Trinajstić information content (AvgIpc) is 3.70. The Morgan fingerprint density at radius 3 is 2.87 bits per heavy atom. The lowest BCUT2D eigenvalue weighted by Gasteiger charge is -2.38. The van der Waals surface area contributed by atoms with Crippen molar-refractivity contribution in [2.45, 2.75) is 19.0 Å². The molecule has 1 saturated heterocycles. The Balaban J connectivity index is 1.39. The maximum Gasteiger partial charge on any atom is 0.246 e. The first-order chi connectivity index (χ1) is 21.9. The number of pyridine rings is 2. The zero-order chi connectivity index (χ0) is 31.1. The molecule has 0 saturated carbocycles. The van der Waals surface area contributed by atoms with Crippen LogP contribution in [0.5, 0.6) is 5.75 Å². The Labute approximate surface area is 262 Å². The van der Waals surface area contributed by atoms with Crippen LogP contribution < -0.4 is 10.1 Å². The minimum Gasteiger partial charge on any atom is -0.490 e. The molecule has 6 heterocycles. The van der Waals surface area contributed by atoms with Gasteiger partial charge >= 0.3 is 0 Å². The minimum absolute atomic E-state index is 0.0230. The number of hydrogen-bond donors (Lipinski definition) is 1. The van der Waals surface area contributed by atoms with E-state index in [4.69, 9.17) is 14.5 Å². The fraction of sp³-hybridized carbons (Fsp3) is 0.242. The van der Waals surface area contributed by atoms with Gasteiger partial charge in [0.1, 0.15) is 18.2 Å². The van der Waals surface area contributed by atoms with Crippen molar-refractivity contribution >= 4 is 33.2 Å². The maximum atomic E-state index is 14.5. The van der Waals surface area contributed by atoms with E-state index in [-0.39, 0.29) is 30.9 Å². The summed E-state index contributed by atoms with van der Waals surface area (Å²) < 4.78 is 28.6. The van der Waals surface area contributed by atoms with Crippen molar-refractivity contribution in [3.05, 3.63) is 84.0 Å². The molecule has 0 atom stereocenters. The molecule has 1 aromatic carbocycles. The van der Waals surface area contributed by atoms with Gasteiger partial charge < -0.3 is 19.7 Å². The number of ether oxygens (including phenoxy) is 2. The van der Waals surface area contributed by atoms with Crippen LogP contribution in [0, 0.1) is 5.82 Å². The molecule has 45 heavy (non-hydrogen) atoms. The van der Waals surface area contributed by atoms with Crippen LogP contribution in [0.1, 0.15) is 17.3 Å². The highest BCUT2D eigenvalue weighted by atomic mass is 32.1. The van der Waals surface area contributed by atoms with Crippen molar-refractivity contribution in [1.82, 2.24) is 30.0 Å². The molecule has 7 rings (SSSR count). The van der Waals surface area contributed by atoms with Crippen molar-refractivity contribution in [2.24, 2.45) is 0 Å². The van der Waals surface area contributed by atoms with Crippen molar-refractivity contribution in [2.75, 3.05) is 33.4 Å². The van der Waals surface area contributed by atoms with E-state index in [0.29, 0.717) is 43.2 Å². The van der Waals surface area contributed by atoms with Crippen molar-refractivity contribution in [3.8, 4) is 39.4 Å². The third-order valence-electron chi connectivity index (χ3n) is 8.10. The number of fused-ring (bicyclic) bond motifs is 2. The number of hydrogen-bond acceptors (Lipinski definition) is 8. The van der Waals surface area contributed by atoms with Gasteiger partial charge in [0.05, 0.1) is 42.3 Å². The summed E-state index contributed by atoms with van der Waals surface area (Å²) >= 11 is 1.56. The first-order valence-electron chi connectivity index (χ1n) is 14.5. The fourth-order valence-corrected chi connectivity index (χ4v) is 6.70. The van der Waals surface area contributed by atoms with E-state index in [2.05, 4.69) is 22.0 Å². The third kappa shape index (κ3) is 5.36. The number of nitrogens with zero attached hydrogens (tertiary/aromatic N) is 5. The van der Waals surface area contributed by atoms with Crippen LogP contribution in [0.2, 0.25) is 0 Å². The second kappa shape index (κ2) is 11.9. The molecule has 1 N–H and O–H groups in total. The number of thiophene rings is 1. The Morgan fingerprint density at radius 2 is 2.04 bits per heavy atom. The lowest BCUT2D eigenvalue weighted by molar-refractivity contribution is -0.131. The van der Waals surface area contributed by atoms with Gasteiger partial charge in [-0.15, -0.1) is 11.3 Å². The van der Waals surface area contributed by atoms with Crippen LogP contribution in [0.4, 0.5) is 4.39 Å². The largest absolute Gasteiger partial charge is 0.490 e. The second-order valence-corrected chi connectivity index (χ2v) is 11.8. The number of methoxy groups -OCH3 is 1. The van der Waals surface area contributed by atoms with Gasteiger partial charge in [0, 0.05) is 77.5 Å². The summed E-state index contributed by atoms with van der Waals surface area (Å²) in [5.41, 5.74) is 6.18. The van der Waals surface area contributed by atoms with Gasteiger partial charge in [0.25, 0.3) is 0 Å². The zero-order valence-corrected chi connectivity index (χ0v) is 25.3. The number of aromatic nitrogens is 4. The first kappa shape index (κ1) is 28.8. The van der Waals surface area contributed by atoms with E-state index in [1.165, 1.54) is 18.2 Å². The monoisotopic (exact) mass is 624 g/mol. The fourth-order valence-electron chi connectivity index (χ4n) is 5.74. The molecule has 2 amide bonds. The smallest absolute Gasteiger partial charge is 0.246 e. The molecule has 0 bridgehead atoms. The van der Waals surface area contributed by atoms with E-state index >= 15 is 0 Å². The molecule has 0 unspecified atom stereocenters. The van der Waals surface area contributed by atoms with Gasteiger partial charge in [-0.05, 0) is 41.3 Å². The minimum atomic E-state index is -0.414. The highest BCUT2D eigenvalue weighted by Crippen LogP contribution is 2.46. The maximum absolute atomic E-state index is 14.5. The van der Waals surface area contributed by atoms with Gasteiger partial charge in [0.2, 0.25) is 11.8 Å². The van der Waals surface area contributed by atoms with Crippen LogP contribution >= 0.6 is 11.3 Å². The number of rotatable bonds is 9. The van der Waals surface area contributed by atoms with Crippen molar-refractivity contribution < 1.29 is 23.5 Å². The van der Waals surface area contributed by atoms with Crippen LogP contribution in [0.3, 0.4) is 0 Å². The van der Waals surface area contributed by atoms with Crippen LogP contribution in [-0.2, 0) is 27.3 Å². The van der Waals surface area contributed by atoms with Crippen LogP contribution in [0.15, 0.2) is 67.0 Å². The molecule has 0 aliphatic carbocycles. The molecule has 228 valence electrons. The molecule has 4 aromatic heterocycles. The summed E-state index contributed by atoms with van der Waals surface area (Å²) in [6, 6.07) is 8.59. The summed E-state index contributed by atoms with van der Waals surface area (Å²) in [5, 5.41) is 10.5. The van der Waals surface area contributed by atoms with Crippen LogP contribution in [0.25, 0.3) is 43.7 Å². The van der Waals surface area contributed by atoms with Gasteiger partial charge in [-0.25, -0.2) is 9.37 Å². The Morgan fingerprint density at radius 1 is 1.18 bits per heavy atom. The molecule has 12 heteroatoms. The highest BCUT2D eigenvalue weighted by molar-refractivity contribution is 7.18. The number of nitrogens with one attached hydrogen (secondary N) is 1. The second-order valence-electron chi connectivity index (χ2n) is 10.9. The number of carbonyl (C=O) groups excluding carboxylic acids is 2. The van der Waals surface area contributed by atoms with Gasteiger partial charge in [-0.1, -0.05) is 6.58 Å². The standard InChI is InChI=1S/C33H29FN6O4S/c1-3-29(42)39-17-23(18-39)40-16-21(15-37-40)32-30(24-5-4-22(34)11-27(24)44-8-7-43-2)33-25(6-9-45-33)31(38-32)20-10-19-13-36-28(41)12-26(19)35-14-20/h3-6,9-11,14-16,23H,1,7-8,12-13,17-18H2,2H3,(H,36,41). The SMILES string of the molecule is C=CC(=O)N1CC(n2cc(-c3nc(-c4cnc5c(c4)CNC(=O)C5)c4ccsc4c3-c3ccc(F)cc3OCCOC)cn2)C1. The Kier molecular flexibility index (Phi) is 7.60. The van der Waals surface area contributed by atoms with E-state index in [9.17, 15) is 14.0 Å². The molecule has 1 fully saturated rings. The van der Waals surface area contributed by atoms with Crippen molar-refractivity contribution in [1.29, 1.82) is 0 Å². The van der Waals surface area contributed by atoms with Gasteiger partial charge in [-0.2, -0.15) is 5.10 Å². The molecule has 5 aromatic rings. The lowest BCUT2D eigenvalue weighted by atomic mass is 9.95. The molecule has 2 aliphatic rings. The molecular weight excluding hydrogens is 595 g/mol. The summed E-state index contributed by atoms with van der Waals surface area (Å²) in [7, 11) is 1.58. The van der Waals surface area contributed by atoms with E-state index in [1.54, 1.807) is 41.8 Å². The molecular formula is C33H29FN6O4S. The lowest BCUT2D eigenvalue weighted by Crippen LogP contribution is -2.50. The molecule has 0 radical (unpaired) electrons. The molecule has 2 aliphatic heterocycles. The topological polar surface area (TPSA) is 111 Å². The Bertz CT molecular complexity index is 1960. The van der Waals surface area contributed by atoms with E-state index in [1.807, 2.05) is 28.4 Å². The van der Waals surface area contributed by atoms with Crippen LogP contribution in [-0.4, -0.2) is 69.9 Å². The van der Waals surface area contributed by atoms with E-state index in [0.717, 1.165) is 43.7 Å². The number of halogens is 1. The number of carbonyl (C=O) groups is 2. The van der Waals surface area contributed by atoms with Crippen molar-refractivity contribution in [3.63, 3.8) is 0 Å². The van der Waals surface area contributed by atoms with Gasteiger partial charge in [0.15, 0.2) is 0 Å². The predicted molar refractivity (Wildman–Crippen MR) is 168 cm³/mol. The number of amides is 2. The number of benzene rings is 1. The van der Waals surface area contributed by atoms with Gasteiger partial charge in [-0.3, -0.25) is 19.3 Å². The summed E-state index contributed by atoms with van der Waals surface area (Å²) in [6.45, 7) is 5.65. The molecule has 0 spiro atoms. The normalized spacial score (nSPS) is 14.6. The van der Waals surface area contributed by atoms with E-state index < -0.39 is 5.82 Å². The number of likely N-dealkylation sites (tertiary alicyclic amines) is 1. The summed E-state index contributed by atoms with van der Waals surface area (Å²) in [6.07, 6.45) is 7.03. The quantitative estimate of drug-likeness (QED) is 0.185. The summed E-state index contributed by atoms with van der Waals surface area (Å²) in [4.78, 5) is 35.6. The zero-order valence-electron chi connectivity index (χ0n) is 24.5. The predicted octanol–water partition coefficient (Wildman–Crippen LogP) is 4.79. The Hall–Kier alpha value is -4.94. The highest BCUT2D eigenvalue weighted by Gasteiger charge is 2.32. The first-order valence-corrected chi connectivity index (χ1v) is 15.3. The average molecular weight is 625 g/mol. The summed E-state index contributed by atoms with van der Waals surface area (Å²) in [5.74, 6) is -0.181. The third-order valence-corrected chi connectivity index (χ3v) is 9.03. The molecule has 10 nitrogen and oxygen atoms in total.